The van der Waals surface area contributed by atoms with Crippen molar-refractivity contribution in [1.29, 1.82) is 0 Å². The van der Waals surface area contributed by atoms with Gasteiger partial charge in [0.1, 0.15) is 0 Å². The maximum atomic E-state index is 10.9. The number of ketones is 1. The lowest BCUT2D eigenvalue weighted by molar-refractivity contribution is -0.108. The summed E-state index contributed by atoms with van der Waals surface area (Å²) in [4.78, 5) is 21.3. The van der Waals surface area contributed by atoms with Gasteiger partial charge in [-0.25, -0.2) is 0 Å². The van der Waals surface area contributed by atoms with E-state index in [2.05, 4.69) is 0 Å². The van der Waals surface area contributed by atoms with Crippen LogP contribution >= 0.6 is 11.6 Å². The number of hydrogen-bond donors (Lipinski definition) is 0. The molecular weight excluding hydrogens is 180 g/mol. The minimum Gasteiger partial charge on any atom is -0.460 e. The quantitative estimate of drug-likeness (QED) is 0.411. The van der Waals surface area contributed by atoms with Crippen molar-refractivity contribution in [2.45, 2.75) is 13.3 Å². The molecule has 0 amide bonds. The predicted molar refractivity (Wildman–Crippen MR) is 43.3 cm³/mol. The first-order valence-corrected chi connectivity index (χ1v) is 3.84. The minimum atomic E-state index is -1.02. The van der Waals surface area contributed by atoms with Crippen molar-refractivity contribution < 1.29 is 14.0 Å². The molecule has 0 radical (unpaired) electrons. The molecule has 0 saturated heterocycles. The molecule has 0 saturated carbocycles. The van der Waals surface area contributed by atoms with Crippen molar-refractivity contribution >= 4 is 22.6 Å². The van der Waals surface area contributed by atoms with Crippen LogP contribution in [0.25, 0.3) is 0 Å². The number of rotatable bonds is 3. The Kier molecular flexibility index (Phi) is 2.65. The zero-order chi connectivity index (χ0) is 9.14. The van der Waals surface area contributed by atoms with Gasteiger partial charge in [0, 0.05) is 0 Å². The fourth-order valence-electron chi connectivity index (χ4n) is 0.777. The molecule has 12 heavy (non-hydrogen) atoms. The average molecular weight is 187 g/mol. The third-order valence-electron chi connectivity index (χ3n) is 1.46. The molecule has 0 N–H and O–H groups in total. The second-order valence-corrected chi connectivity index (χ2v) is 2.62. The van der Waals surface area contributed by atoms with Gasteiger partial charge in [-0.05, 0) is 29.7 Å². The molecule has 0 fully saturated rings. The Labute approximate surface area is 74.3 Å². The number of hydrogen-bond acceptors (Lipinski definition) is 3. The van der Waals surface area contributed by atoms with Gasteiger partial charge in [0.15, 0.2) is 5.76 Å². The second-order valence-electron chi connectivity index (χ2n) is 2.28. The van der Waals surface area contributed by atoms with Crippen LogP contribution in [-0.4, -0.2) is 11.0 Å². The van der Waals surface area contributed by atoms with Gasteiger partial charge < -0.3 is 4.42 Å². The summed E-state index contributed by atoms with van der Waals surface area (Å²) in [6.45, 7) is 1.92. The first-order valence-electron chi connectivity index (χ1n) is 3.46. The molecule has 1 aromatic rings. The van der Waals surface area contributed by atoms with Gasteiger partial charge in [-0.2, -0.15) is 0 Å². The SMILES string of the molecule is CCc1coc(C(=O)C(=O)Cl)c1. The van der Waals surface area contributed by atoms with E-state index in [1.165, 1.54) is 12.3 Å². The second kappa shape index (κ2) is 3.54. The monoisotopic (exact) mass is 186 g/mol. The molecule has 1 rings (SSSR count). The normalized spacial score (nSPS) is 9.83. The molecule has 3 nitrogen and oxygen atoms in total. The van der Waals surface area contributed by atoms with Crippen LogP contribution in [-0.2, 0) is 11.2 Å². The molecule has 1 heterocycles. The summed E-state index contributed by atoms with van der Waals surface area (Å²) in [6.07, 6.45) is 2.19. The van der Waals surface area contributed by atoms with E-state index in [-0.39, 0.29) is 5.76 Å². The first-order chi connectivity index (χ1) is 5.65. The number of aryl methyl sites for hydroxylation is 1. The van der Waals surface area contributed by atoms with E-state index in [0.29, 0.717) is 0 Å². The highest BCUT2D eigenvalue weighted by Gasteiger charge is 2.16. The summed E-state index contributed by atoms with van der Waals surface area (Å²) in [5, 5.41) is -1.02. The van der Waals surface area contributed by atoms with Gasteiger partial charge in [0.05, 0.1) is 6.26 Å². The van der Waals surface area contributed by atoms with E-state index in [4.69, 9.17) is 16.0 Å². The molecule has 64 valence electrons. The standard InChI is InChI=1S/C8H7ClO3/c1-2-5-3-6(12-4-5)7(10)8(9)11/h3-4H,2H2,1H3. The molecule has 0 aliphatic rings. The summed E-state index contributed by atoms with van der Waals surface area (Å²) in [5.74, 6) is -0.789. The smallest absolute Gasteiger partial charge is 0.296 e. The van der Waals surface area contributed by atoms with Gasteiger partial charge in [-0.15, -0.1) is 0 Å². The fraction of sp³-hybridized carbons (Fsp3) is 0.250. The molecule has 4 heteroatoms. The van der Waals surface area contributed by atoms with E-state index in [0.717, 1.165) is 12.0 Å². The van der Waals surface area contributed by atoms with Gasteiger partial charge in [-0.3, -0.25) is 9.59 Å². The summed E-state index contributed by atoms with van der Waals surface area (Å²) < 4.78 is 4.82. The van der Waals surface area contributed by atoms with E-state index < -0.39 is 11.0 Å². The topological polar surface area (TPSA) is 47.3 Å². The summed E-state index contributed by atoms with van der Waals surface area (Å²) in [5.41, 5.74) is 0.872. The highest BCUT2D eigenvalue weighted by atomic mass is 35.5. The Morgan fingerprint density at radius 3 is 2.67 bits per heavy atom. The molecule has 0 aliphatic carbocycles. The number of furan rings is 1. The Balaban J connectivity index is 2.89. The van der Waals surface area contributed by atoms with Crippen LogP contribution in [0.3, 0.4) is 0 Å². The number of carbonyl (C=O) groups is 2. The summed E-state index contributed by atoms with van der Waals surface area (Å²) in [7, 11) is 0. The van der Waals surface area contributed by atoms with Crippen molar-refractivity contribution in [3.05, 3.63) is 23.7 Å². The minimum absolute atomic E-state index is 0.00634. The lowest BCUT2D eigenvalue weighted by atomic mass is 10.2. The van der Waals surface area contributed by atoms with E-state index >= 15 is 0 Å². The number of halogens is 1. The number of Topliss-reactive ketones (excluding diaryl/α,β-unsaturated/α-hetero) is 1. The van der Waals surface area contributed by atoms with Gasteiger partial charge in [0.2, 0.25) is 0 Å². The van der Waals surface area contributed by atoms with E-state index in [1.807, 2.05) is 6.92 Å². The number of carbonyl (C=O) groups excluding carboxylic acids is 2. The summed E-state index contributed by atoms with van der Waals surface area (Å²) in [6, 6.07) is 1.52. The van der Waals surface area contributed by atoms with Crippen molar-refractivity contribution in [3.63, 3.8) is 0 Å². The van der Waals surface area contributed by atoms with Crippen LogP contribution in [0, 0.1) is 0 Å². The van der Waals surface area contributed by atoms with Gasteiger partial charge in [-0.1, -0.05) is 6.92 Å². The van der Waals surface area contributed by atoms with Crippen LogP contribution in [0.2, 0.25) is 0 Å². The third kappa shape index (κ3) is 1.74. The molecule has 0 aliphatic heterocycles. The van der Waals surface area contributed by atoms with E-state index in [1.54, 1.807) is 0 Å². The zero-order valence-electron chi connectivity index (χ0n) is 6.46. The van der Waals surface area contributed by atoms with Crippen molar-refractivity contribution in [2.75, 3.05) is 0 Å². The predicted octanol–water partition coefficient (Wildman–Crippen LogP) is 1.79. The highest BCUT2D eigenvalue weighted by Crippen LogP contribution is 2.09. The Hall–Kier alpha value is -1.09. The Bertz CT molecular complexity index is 314. The lowest BCUT2D eigenvalue weighted by Crippen LogP contribution is -2.05. The first kappa shape index (κ1) is 9.00. The molecule has 0 aromatic carbocycles. The van der Waals surface area contributed by atoms with Crippen molar-refractivity contribution in [3.8, 4) is 0 Å². The fourth-order valence-corrected chi connectivity index (χ4v) is 0.870. The maximum absolute atomic E-state index is 10.9. The molecular formula is C8H7ClO3. The van der Waals surface area contributed by atoms with Gasteiger partial charge in [0.25, 0.3) is 11.0 Å². The van der Waals surface area contributed by atoms with Gasteiger partial charge >= 0.3 is 0 Å². The molecule has 0 spiro atoms. The molecule has 0 atom stereocenters. The molecule has 0 unspecified atom stereocenters. The summed E-state index contributed by atoms with van der Waals surface area (Å²) >= 11 is 4.97. The lowest BCUT2D eigenvalue weighted by Gasteiger charge is -1.84. The average Bonchev–Trinajstić information content (AvgIpc) is 2.50. The van der Waals surface area contributed by atoms with Crippen LogP contribution in [0.15, 0.2) is 16.7 Å². The Morgan fingerprint density at radius 2 is 2.25 bits per heavy atom. The zero-order valence-corrected chi connectivity index (χ0v) is 7.22. The largest absolute Gasteiger partial charge is 0.460 e. The van der Waals surface area contributed by atoms with Crippen molar-refractivity contribution in [1.82, 2.24) is 0 Å². The Morgan fingerprint density at radius 1 is 1.58 bits per heavy atom. The van der Waals surface area contributed by atoms with Crippen LogP contribution < -0.4 is 0 Å². The van der Waals surface area contributed by atoms with Crippen LogP contribution in [0.5, 0.6) is 0 Å². The third-order valence-corrected chi connectivity index (χ3v) is 1.64. The van der Waals surface area contributed by atoms with Crippen molar-refractivity contribution in [2.24, 2.45) is 0 Å². The maximum Gasteiger partial charge on any atom is 0.296 e. The van der Waals surface area contributed by atoms with E-state index in [9.17, 15) is 9.59 Å². The van der Waals surface area contributed by atoms with Crippen LogP contribution in [0.4, 0.5) is 0 Å². The molecule has 1 aromatic heterocycles. The highest BCUT2D eigenvalue weighted by molar-refractivity contribution is 6.82. The van der Waals surface area contributed by atoms with Crippen LogP contribution in [0.1, 0.15) is 23.0 Å². The molecule has 0 bridgehead atoms.